The minimum atomic E-state index is -0.531. The Balaban J connectivity index is 1.93. The zero-order valence-corrected chi connectivity index (χ0v) is 16.8. The van der Waals surface area contributed by atoms with Crippen LogP contribution >= 0.6 is 0 Å². The number of amides is 1. The van der Waals surface area contributed by atoms with Crippen LogP contribution in [-0.2, 0) is 10.3 Å². The molecule has 0 saturated carbocycles. The van der Waals surface area contributed by atoms with Crippen molar-refractivity contribution < 1.29 is 9.32 Å². The van der Waals surface area contributed by atoms with Gasteiger partial charge in [0.1, 0.15) is 6.04 Å². The van der Waals surface area contributed by atoms with E-state index in [2.05, 4.69) is 5.16 Å². The predicted octanol–water partition coefficient (Wildman–Crippen LogP) is 3.61. The van der Waals surface area contributed by atoms with E-state index in [-0.39, 0.29) is 6.42 Å². The van der Waals surface area contributed by atoms with Gasteiger partial charge in [0.15, 0.2) is 5.76 Å². The lowest BCUT2D eigenvalue weighted by atomic mass is 9.90. The molecule has 3 aromatic rings. The fourth-order valence-electron chi connectivity index (χ4n) is 3.75. The highest BCUT2D eigenvalue weighted by molar-refractivity contribution is 6.17. The third-order valence-electron chi connectivity index (χ3n) is 5.23. The standard InChI is InChI=1S/C23H24N4O2/c1-13-20-16-6-4-5-7-17(16)21(14-8-10-15(11-9-14)23(2,3)25)26-18(12-19(24)28)22(20)29-27-13/h4-11,18H,12,25H2,1-3H3,(H2,24,28). The number of aryl methyl sites for hydroxylation is 1. The second-order valence-corrected chi connectivity index (χ2v) is 8.02. The molecule has 1 atom stereocenters. The molecule has 2 aromatic carbocycles. The second kappa shape index (κ2) is 6.97. The summed E-state index contributed by atoms with van der Waals surface area (Å²) < 4.78 is 5.60. The van der Waals surface area contributed by atoms with E-state index in [1.165, 1.54) is 0 Å². The number of hydrogen-bond donors (Lipinski definition) is 2. The molecule has 0 bridgehead atoms. The van der Waals surface area contributed by atoms with Crippen LogP contribution in [0.25, 0.3) is 11.1 Å². The van der Waals surface area contributed by atoms with Crippen LogP contribution in [0.1, 0.15) is 54.5 Å². The highest BCUT2D eigenvalue weighted by Crippen LogP contribution is 2.40. The predicted molar refractivity (Wildman–Crippen MR) is 113 cm³/mol. The van der Waals surface area contributed by atoms with Gasteiger partial charge in [-0.1, -0.05) is 53.7 Å². The number of aromatic nitrogens is 1. The van der Waals surface area contributed by atoms with Gasteiger partial charge < -0.3 is 16.0 Å². The van der Waals surface area contributed by atoms with Crippen LogP contribution in [0.4, 0.5) is 0 Å². The van der Waals surface area contributed by atoms with Crippen molar-refractivity contribution in [3.63, 3.8) is 0 Å². The number of benzene rings is 2. The number of carbonyl (C=O) groups is 1. The summed E-state index contributed by atoms with van der Waals surface area (Å²) in [7, 11) is 0. The van der Waals surface area contributed by atoms with E-state index < -0.39 is 17.5 Å². The number of hydrogen-bond acceptors (Lipinski definition) is 5. The highest BCUT2D eigenvalue weighted by atomic mass is 16.5. The maximum Gasteiger partial charge on any atom is 0.220 e. The molecule has 6 nitrogen and oxygen atoms in total. The molecule has 2 heterocycles. The van der Waals surface area contributed by atoms with Crippen LogP contribution in [-0.4, -0.2) is 16.8 Å². The molecule has 1 aliphatic rings. The van der Waals surface area contributed by atoms with Crippen molar-refractivity contribution in [2.75, 3.05) is 0 Å². The molecule has 148 valence electrons. The SMILES string of the molecule is Cc1noc2c1-c1ccccc1C(c1ccc(C(C)(C)N)cc1)=NC2CC(N)=O. The number of carbonyl (C=O) groups excluding carboxylic acids is 1. The second-order valence-electron chi connectivity index (χ2n) is 8.02. The molecular formula is C23H24N4O2. The van der Waals surface area contributed by atoms with Crippen LogP contribution in [0.5, 0.6) is 0 Å². The van der Waals surface area contributed by atoms with E-state index >= 15 is 0 Å². The minimum Gasteiger partial charge on any atom is -0.370 e. The van der Waals surface area contributed by atoms with E-state index in [4.69, 9.17) is 21.0 Å². The van der Waals surface area contributed by atoms with Crippen LogP contribution < -0.4 is 11.5 Å². The summed E-state index contributed by atoms with van der Waals surface area (Å²) >= 11 is 0. The van der Waals surface area contributed by atoms with Gasteiger partial charge in [-0.05, 0) is 31.9 Å². The first-order valence-electron chi connectivity index (χ1n) is 9.57. The quantitative estimate of drug-likeness (QED) is 0.712. The number of primary amides is 1. The maximum absolute atomic E-state index is 11.7. The summed E-state index contributed by atoms with van der Waals surface area (Å²) in [6.07, 6.45) is 0.0486. The first-order chi connectivity index (χ1) is 13.8. The summed E-state index contributed by atoms with van der Waals surface area (Å²) in [6, 6.07) is 15.5. The number of fused-ring (bicyclic) bond motifs is 3. The number of aliphatic imine (C=N–C) groups is 1. The van der Waals surface area contributed by atoms with E-state index in [0.29, 0.717) is 5.76 Å². The summed E-state index contributed by atoms with van der Waals surface area (Å²) in [5, 5.41) is 4.12. The van der Waals surface area contributed by atoms with Crippen molar-refractivity contribution in [1.29, 1.82) is 0 Å². The zero-order chi connectivity index (χ0) is 20.8. The van der Waals surface area contributed by atoms with E-state index in [0.717, 1.165) is 39.2 Å². The summed E-state index contributed by atoms with van der Waals surface area (Å²) in [4.78, 5) is 16.7. The Bertz CT molecular complexity index is 1100. The first-order valence-corrected chi connectivity index (χ1v) is 9.57. The van der Waals surface area contributed by atoms with Crippen molar-refractivity contribution >= 4 is 11.6 Å². The molecule has 4 rings (SSSR count). The Labute approximate surface area is 169 Å². The smallest absolute Gasteiger partial charge is 0.220 e. The molecule has 0 radical (unpaired) electrons. The van der Waals surface area contributed by atoms with E-state index in [1.807, 2.05) is 69.3 Å². The Morgan fingerprint density at radius 2 is 1.76 bits per heavy atom. The third-order valence-corrected chi connectivity index (χ3v) is 5.23. The van der Waals surface area contributed by atoms with Gasteiger partial charge in [0.25, 0.3) is 0 Å². The average molecular weight is 388 g/mol. The van der Waals surface area contributed by atoms with Gasteiger partial charge in [0.05, 0.1) is 23.4 Å². The molecule has 1 aliphatic heterocycles. The van der Waals surface area contributed by atoms with Crippen molar-refractivity contribution in [3.05, 3.63) is 76.7 Å². The first kappa shape index (κ1) is 19.1. The molecule has 0 spiro atoms. The number of nitrogens with two attached hydrogens (primary N) is 2. The lowest BCUT2D eigenvalue weighted by Crippen LogP contribution is -2.28. The topological polar surface area (TPSA) is 108 Å². The van der Waals surface area contributed by atoms with Gasteiger partial charge in [0.2, 0.25) is 5.91 Å². The van der Waals surface area contributed by atoms with E-state index in [1.54, 1.807) is 0 Å². The van der Waals surface area contributed by atoms with E-state index in [9.17, 15) is 4.79 Å². The lowest BCUT2D eigenvalue weighted by Gasteiger charge is -2.20. The van der Waals surface area contributed by atoms with Crippen LogP contribution in [0, 0.1) is 6.92 Å². The minimum absolute atomic E-state index is 0.0486. The van der Waals surface area contributed by atoms with Crippen LogP contribution in [0.2, 0.25) is 0 Å². The number of rotatable bonds is 4. The van der Waals surface area contributed by atoms with Gasteiger partial charge in [0, 0.05) is 16.7 Å². The molecule has 0 aliphatic carbocycles. The summed E-state index contributed by atoms with van der Waals surface area (Å²) in [5.74, 6) is 0.132. The maximum atomic E-state index is 11.7. The zero-order valence-electron chi connectivity index (χ0n) is 16.8. The van der Waals surface area contributed by atoms with Crippen molar-refractivity contribution in [2.24, 2.45) is 16.5 Å². The fraction of sp³-hybridized carbons (Fsp3) is 0.261. The molecule has 4 N–H and O–H groups in total. The molecule has 0 fully saturated rings. The van der Waals surface area contributed by atoms with Crippen molar-refractivity contribution in [3.8, 4) is 11.1 Å². The average Bonchev–Trinajstić information content (AvgIpc) is 2.99. The van der Waals surface area contributed by atoms with Gasteiger partial charge in [-0.3, -0.25) is 9.79 Å². The molecular weight excluding hydrogens is 364 g/mol. The Kier molecular flexibility index (Phi) is 4.59. The molecule has 1 unspecified atom stereocenters. The normalized spacial score (nSPS) is 15.9. The number of nitrogens with zero attached hydrogens (tertiary/aromatic N) is 2. The highest BCUT2D eigenvalue weighted by Gasteiger charge is 2.31. The van der Waals surface area contributed by atoms with Gasteiger partial charge in [-0.25, -0.2) is 0 Å². The molecule has 1 amide bonds. The van der Waals surface area contributed by atoms with Crippen LogP contribution in [0.15, 0.2) is 58.0 Å². The molecule has 1 aromatic heterocycles. The summed E-state index contributed by atoms with van der Waals surface area (Å²) in [5.41, 5.74) is 17.7. The van der Waals surface area contributed by atoms with Gasteiger partial charge in [-0.2, -0.15) is 0 Å². The third kappa shape index (κ3) is 3.47. The monoisotopic (exact) mass is 388 g/mol. The summed E-state index contributed by atoms with van der Waals surface area (Å²) in [6.45, 7) is 5.83. The van der Waals surface area contributed by atoms with Crippen molar-refractivity contribution in [1.82, 2.24) is 5.16 Å². The molecule has 29 heavy (non-hydrogen) atoms. The Hall–Kier alpha value is -3.25. The Morgan fingerprint density at radius 1 is 1.10 bits per heavy atom. The van der Waals surface area contributed by atoms with Gasteiger partial charge in [-0.15, -0.1) is 0 Å². The largest absolute Gasteiger partial charge is 0.370 e. The molecule has 0 saturated heterocycles. The van der Waals surface area contributed by atoms with Crippen LogP contribution in [0.3, 0.4) is 0 Å². The Morgan fingerprint density at radius 3 is 2.38 bits per heavy atom. The lowest BCUT2D eigenvalue weighted by molar-refractivity contribution is -0.118. The fourth-order valence-corrected chi connectivity index (χ4v) is 3.75. The molecule has 6 heteroatoms. The van der Waals surface area contributed by atoms with Crippen molar-refractivity contribution in [2.45, 2.75) is 38.8 Å². The van der Waals surface area contributed by atoms with Gasteiger partial charge >= 0.3 is 0 Å².